The molecule has 0 saturated heterocycles. The lowest BCUT2D eigenvalue weighted by molar-refractivity contribution is 1.46. The van der Waals surface area contributed by atoms with Crippen LogP contribution < -0.4 is 11.5 Å². The Morgan fingerprint density at radius 3 is 1.45 bits per heavy atom. The van der Waals surface area contributed by atoms with E-state index in [1.54, 1.807) is 0 Å². The van der Waals surface area contributed by atoms with Crippen LogP contribution >= 0.6 is 0 Å². The second kappa shape index (κ2) is 5.57. The topological polar surface area (TPSA) is 52.0 Å². The molecular weight excluding hydrogens is 268 g/mol. The minimum absolute atomic E-state index is 0.800. The summed E-state index contributed by atoms with van der Waals surface area (Å²) in [6.07, 6.45) is 0. The highest BCUT2D eigenvalue weighted by Gasteiger charge is 2.07. The molecule has 0 aliphatic carbocycles. The molecule has 0 aliphatic heterocycles. The van der Waals surface area contributed by atoms with Crippen LogP contribution in [0.5, 0.6) is 0 Å². The van der Waals surface area contributed by atoms with Crippen molar-refractivity contribution in [2.75, 3.05) is 11.5 Å². The third-order valence-corrected chi connectivity index (χ3v) is 3.90. The van der Waals surface area contributed by atoms with Crippen LogP contribution in [0, 0.1) is 13.8 Å². The molecule has 0 spiro atoms. The van der Waals surface area contributed by atoms with Gasteiger partial charge in [-0.05, 0) is 54.3 Å². The molecule has 3 rings (SSSR count). The summed E-state index contributed by atoms with van der Waals surface area (Å²) in [5.41, 5.74) is 20.6. The molecule has 2 nitrogen and oxygen atoms in total. The third kappa shape index (κ3) is 2.68. The van der Waals surface area contributed by atoms with Crippen molar-refractivity contribution < 1.29 is 0 Å². The Balaban J connectivity index is 2.10. The maximum atomic E-state index is 6.17. The fraction of sp³-hybridized carbons (Fsp3) is 0.100. The van der Waals surface area contributed by atoms with E-state index >= 15 is 0 Å². The molecule has 22 heavy (non-hydrogen) atoms. The Hall–Kier alpha value is -2.74. The number of hydrogen-bond donors (Lipinski definition) is 2. The number of aryl methyl sites for hydroxylation is 2. The minimum atomic E-state index is 0.800. The molecule has 110 valence electrons. The molecule has 3 aromatic carbocycles. The molecule has 0 unspecified atom stereocenters. The average molecular weight is 288 g/mol. The summed E-state index contributed by atoms with van der Waals surface area (Å²) < 4.78 is 0. The van der Waals surface area contributed by atoms with Crippen molar-refractivity contribution in [3.8, 4) is 22.3 Å². The number of nitrogens with two attached hydrogens (primary N) is 2. The summed E-state index contributed by atoms with van der Waals surface area (Å²) in [4.78, 5) is 0. The summed E-state index contributed by atoms with van der Waals surface area (Å²) >= 11 is 0. The van der Waals surface area contributed by atoms with E-state index in [1.807, 2.05) is 32.0 Å². The second-order valence-corrected chi connectivity index (χ2v) is 5.76. The van der Waals surface area contributed by atoms with Crippen LogP contribution in [0.1, 0.15) is 11.1 Å². The van der Waals surface area contributed by atoms with Crippen LogP contribution in [0.4, 0.5) is 11.4 Å². The Morgan fingerprint density at radius 1 is 0.591 bits per heavy atom. The maximum Gasteiger partial charge on any atom is 0.0396 e. The Kier molecular flexibility index (Phi) is 3.60. The Labute approximate surface area is 131 Å². The lowest BCUT2D eigenvalue weighted by Gasteiger charge is -2.11. The standard InChI is InChI=1S/C20H20N2/c1-13-6-8-17(19(21)10-13)15-4-3-5-16(12-15)18-9-7-14(2)11-20(18)22/h3-12H,21-22H2,1-2H3. The summed E-state index contributed by atoms with van der Waals surface area (Å²) in [6, 6.07) is 20.7. The van der Waals surface area contributed by atoms with Gasteiger partial charge in [-0.1, -0.05) is 42.5 Å². The van der Waals surface area contributed by atoms with Gasteiger partial charge >= 0.3 is 0 Å². The van der Waals surface area contributed by atoms with Crippen LogP contribution in [0.15, 0.2) is 60.7 Å². The number of benzene rings is 3. The zero-order valence-corrected chi connectivity index (χ0v) is 12.9. The number of rotatable bonds is 2. The average Bonchev–Trinajstić information content (AvgIpc) is 2.47. The van der Waals surface area contributed by atoms with Gasteiger partial charge < -0.3 is 11.5 Å². The molecule has 0 radical (unpaired) electrons. The fourth-order valence-electron chi connectivity index (χ4n) is 2.74. The van der Waals surface area contributed by atoms with Crippen molar-refractivity contribution in [1.82, 2.24) is 0 Å². The zero-order valence-electron chi connectivity index (χ0n) is 12.9. The molecule has 0 aliphatic rings. The largest absolute Gasteiger partial charge is 0.398 e. The fourth-order valence-corrected chi connectivity index (χ4v) is 2.74. The van der Waals surface area contributed by atoms with E-state index in [1.165, 1.54) is 11.1 Å². The first-order valence-electron chi connectivity index (χ1n) is 7.37. The SMILES string of the molecule is Cc1ccc(-c2cccc(-c3ccc(C)cc3N)c2)c(N)c1. The molecule has 0 amide bonds. The highest BCUT2D eigenvalue weighted by Crippen LogP contribution is 2.32. The van der Waals surface area contributed by atoms with Gasteiger partial charge in [-0.15, -0.1) is 0 Å². The van der Waals surface area contributed by atoms with Crippen molar-refractivity contribution >= 4 is 11.4 Å². The molecule has 0 heterocycles. The van der Waals surface area contributed by atoms with E-state index < -0.39 is 0 Å². The monoisotopic (exact) mass is 288 g/mol. The van der Waals surface area contributed by atoms with Gasteiger partial charge in [0, 0.05) is 22.5 Å². The molecule has 0 bridgehead atoms. The first-order valence-corrected chi connectivity index (χ1v) is 7.37. The quantitative estimate of drug-likeness (QED) is 0.665. The van der Waals surface area contributed by atoms with Crippen LogP contribution in [0.2, 0.25) is 0 Å². The third-order valence-electron chi connectivity index (χ3n) is 3.90. The van der Waals surface area contributed by atoms with Gasteiger partial charge in [-0.3, -0.25) is 0 Å². The van der Waals surface area contributed by atoms with E-state index in [0.717, 1.165) is 33.6 Å². The summed E-state index contributed by atoms with van der Waals surface area (Å²) in [6.45, 7) is 4.09. The van der Waals surface area contributed by atoms with Crippen molar-refractivity contribution in [3.05, 3.63) is 71.8 Å². The maximum absolute atomic E-state index is 6.17. The first-order chi connectivity index (χ1) is 10.5. The first kappa shape index (κ1) is 14.2. The van der Waals surface area contributed by atoms with Gasteiger partial charge in [-0.2, -0.15) is 0 Å². The van der Waals surface area contributed by atoms with Gasteiger partial charge in [-0.25, -0.2) is 0 Å². The molecule has 3 aromatic rings. The highest BCUT2D eigenvalue weighted by molar-refractivity contribution is 5.83. The van der Waals surface area contributed by atoms with Crippen molar-refractivity contribution in [3.63, 3.8) is 0 Å². The van der Waals surface area contributed by atoms with Crippen molar-refractivity contribution in [2.45, 2.75) is 13.8 Å². The van der Waals surface area contributed by atoms with Crippen LogP contribution in [-0.2, 0) is 0 Å². The molecule has 0 fully saturated rings. The molecular formula is C20H20N2. The number of nitrogen functional groups attached to an aromatic ring is 2. The van der Waals surface area contributed by atoms with Gasteiger partial charge in [0.05, 0.1) is 0 Å². The van der Waals surface area contributed by atoms with Gasteiger partial charge in [0.1, 0.15) is 0 Å². The van der Waals surface area contributed by atoms with Gasteiger partial charge in [0.2, 0.25) is 0 Å². The number of hydrogen-bond acceptors (Lipinski definition) is 2. The van der Waals surface area contributed by atoms with E-state index in [-0.39, 0.29) is 0 Å². The normalized spacial score (nSPS) is 10.6. The predicted octanol–water partition coefficient (Wildman–Crippen LogP) is 4.80. The summed E-state index contributed by atoms with van der Waals surface area (Å²) in [7, 11) is 0. The van der Waals surface area contributed by atoms with Gasteiger partial charge in [0.15, 0.2) is 0 Å². The molecule has 2 heteroatoms. The summed E-state index contributed by atoms with van der Waals surface area (Å²) in [5, 5.41) is 0. The molecule has 4 N–H and O–H groups in total. The van der Waals surface area contributed by atoms with E-state index in [4.69, 9.17) is 11.5 Å². The smallest absolute Gasteiger partial charge is 0.0396 e. The van der Waals surface area contributed by atoms with Gasteiger partial charge in [0.25, 0.3) is 0 Å². The Morgan fingerprint density at radius 2 is 1.05 bits per heavy atom. The van der Waals surface area contributed by atoms with Crippen LogP contribution in [0.3, 0.4) is 0 Å². The van der Waals surface area contributed by atoms with Crippen LogP contribution in [0.25, 0.3) is 22.3 Å². The van der Waals surface area contributed by atoms with E-state index in [0.29, 0.717) is 0 Å². The van der Waals surface area contributed by atoms with Crippen LogP contribution in [-0.4, -0.2) is 0 Å². The lowest BCUT2D eigenvalue weighted by Crippen LogP contribution is -1.93. The van der Waals surface area contributed by atoms with Crippen molar-refractivity contribution in [1.29, 1.82) is 0 Å². The lowest BCUT2D eigenvalue weighted by atomic mass is 9.96. The molecule has 0 saturated carbocycles. The van der Waals surface area contributed by atoms with E-state index in [9.17, 15) is 0 Å². The highest BCUT2D eigenvalue weighted by atomic mass is 14.6. The Bertz CT molecular complexity index is 768. The second-order valence-electron chi connectivity index (χ2n) is 5.76. The van der Waals surface area contributed by atoms with Crippen molar-refractivity contribution in [2.24, 2.45) is 0 Å². The minimum Gasteiger partial charge on any atom is -0.398 e. The molecule has 0 atom stereocenters. The summed E-state index contributed by atoms with van der Waals surface area (Å²) in [5.74, 6) is 0. The predicted molar refractivity (Wildman–Crippen MR) is 95.6 cm³/mol. The molecule has 0 aromatic heterocycles. The number of anilines is 2. The zero-order chi connectivity index (χ0) is 15.7. The van der Waals surface area contributed by atoms with E-state index in [2.05, 4.69) is 42.5 Å².